The third-order valence-electron chi connectivity index (χ3n) is 5.25. The second-order valence-electron chi connectivity index (χ2n) is 7.41. The van der Waals surface area contributed by atoms with Gasteiger partial charge in [0, 0.05) is 24.2 Å². The summed E-state index contributed by atoms with van der Waals surface area (Å²) < 4.78 is 0. The summed E-state index contributed by atoms with van der Waals surface area (Å²) in [5.41, 5.74) is 3.30. The van der Waals surface area contributed by atoms with Crippen molar-refractivity contribution in [2.24, 2.45) is 0 Å². The van der Waals surface area contributed by atoms with Gasteiger partial charge in [-0.3, -0.25) is 14.8 Å². The number of nitrogens with one attached hydrogen (secondary N) is 2. The predicted molar refractivity (Wildman–Crippen MR) is 97.2 cm³/mol. The number of carbonyl (C=O) groups is 1. The molecule has 25 heavy (non-hydrogen) atoms. The zero-order chi connectivity index (χ0) is 17.2. The number of nitrogens with zero attached hydrogens (tertiary/aromatic N) is 2. The van der Waals surface area contributed by atoms with Crippen LogP contribution in [0.1, 0.15) is 54.6 Å². The number of amides is 1. The summed E-state index contributed by atoms with van der Waals surface area (Å²) in [7, 11) is 0. The highest BCUT2D eigenvalue weighted by Gasteiger charge is 2.35. The maximum Gasteiger partial charge on any atom is 0.242 e. The number of aromatic nitrogens is 2. The van der Waals surface area contributed by atoms with Crippen molar-refractivity contribution in [2.45, 2.75) is 50.6 Å². The summed E-state index contributed by atoms with van der Waals surface area (Å²) in [6.07, 6.45) is 4.45. The third-order valence-corrected chi connectivity index (χ3v) is 5.25. The fourth-order valence-electron chi connectivity index (χ4n) is 3.80. The van der Waals surface area contributed by atoms with Crippen LogP contribution >= 0.6 is 0 Å². The molecular formula is C20H26N4O. The largest absolute Gasteiger partial charge is 0.352 e. The van der Waals surface area contributed by atoms with Crippen LogP contribution < -0.4 is 5.32 Å². The van der Waals surface area contributed by atoms with Crippen molar-refractivity contribution < 1.29 is 4.79 Å². The summed E-state index contributed by atoms with van der Waals surface area (Å²) in [6, 6.07) is 12.5. The number of hydrogen-bond donors (Lipinski definition) is 2. The fourth-order valence-corrected chi connectivity index (χ4v) is 3.80. The minimum Gasteiger partial charge on any atom is -0.352 e. The van der Waals surface area contributed by atoms with E-state index in [0.717, 1.165) is 55.7 Å². The first kappa shape index (κ1) is 16.3. The van der Waals surface area contributed by atoms with Gasteiger partial charge < -0.3 is 5.32 Å². The molecular weight excluding hydrogens is 312 g/mol. The summed E-state index contributed by atoms with van der Waals surface area (Å²) in [4.78, 5) is 15.3. The van der Waals surface area contributed by atoms with Gasteiger partial charge in [0.05, 0.1) is 5.69 Å². The Morgan fingerprint density at radius 3 is 2.76 bits per heavy atom. The third kappa shape index (κ3) is 3.76. The highest BCUT2D eigenvalue weighted by Crippen LogP contribution is 2.32. The van der Waals surface area contributed by atoms with Crippen molar-refractivity contribution >= 4 is 5.91 Å². The Kier molecular flexibility index (Phi) is 4.57. The lowest BCUT2D eigenvalue weighted by atomic mass is 9.92. The number of aromatic amines is 1. The predicted octanol–water partition coefficient (Wildman–Crippen LogP) is 2.92. The zero-order valence-corrected chi connectivity index (χ0v) is 14.7. The quantitative estimate of drug-likeness (QED) is 0.881. The monoisotopic (exact) mass is 338 g/mol. The topological polar surface area (TPSA) is 61.0 Å². The summed E-state index contributed by atoms with van der Waals surface area (Å²) in [6.45, 7) is 3.87. The number of aryl methyl sites for hydroxylation is 1. The highest BCUT2D eigenvalue weighted by atomic mass is 16.2. The molecule has 1 aliphatic heterocycles. The average molecular weight is 338 g/mol. The number of benzene rings is 1. The van der Waals surface area contributed by atoms with E-state index >= 15 is 0 Å². The molecule has 0 bridgehead atoms. The van der Waals surface area contributed by atoms with Gasteiger partial charge in [0.15, 0.2) is 0 Å². The molecule has 4 rings (SSSR count). The van der Waals surface area contributed by atoms with Crippen LogP contribution in [-0.4, -0.2) is 40.1 Å². The van der Waals surface area contributed by atoms with Crippen LogP contribution in [0.15, 0.2) is 36.4 Å². The Labute approximate surface area is 148 Å². The summed E-state index contributed by atoms with van der Waals surface area (Å²) in [5, 5.41) is 10.7. The van der Waals surface area contributed by atoms with Gasteiger partial charge in [0.25, 0.3) is 0 Å². The molecule has 5 heteroatoms. The average Bonchev–Trinajstić information content (AvgIpc) is 3.33. The zero-order valence-electron chi connectivity index (χ0n) is 14.7. The second kappa shape index (κ2) is 7.00. The van der Waals surface area contributed by atoms with Crippen molar-refractivity contribution in [3.05, 3.63) is 53.3 Å². The second-order valence-corrected chi connectivity index (χ2v) is 7.41. The van der Waals surface area contributed by atoms with Gasteiger partial charge >= 0.3 is 0 Å². The van der Waals surface area contributed by atoms with E-state index in [1.165, 1.54) is 0 Å². The Morgan fingerprint density at radius 2 is 2.08 bits per heavy atom. The molecule has 1 aromatic carbocycles. The first-order chi connectivity index (χ1) is 12.2. The first-order valence-corrected chi connectivity index (χ1v) is 9.32. The van der Waals surface area contributed by atoms with Crippen LogP contribution in [0.4, 0.5) is 0 Å². The van der Waals surface area contributed by atoms with Gasteiger partial charge in [-0.25, -0.2) is 0 Å². The van der Waals surface area contributed by atoms with E-state index in [-0.39, 0.29) is 11.9 Å². The number of piperidine rings is 1. The van der Waals surface area contributed by atoms with Gasteiger partial charge in [0.1, 0.15) is 6.04 Å². The number of carbonyl (C=O) groups excluding carboxylic acids is 1. The van der Waals surface area contributed by atoms with Crippen LogP contribution in [0.2, 0.25) is 0 Å². The van der Waals surface area contributed by atoms with Crippen LogP contribution in [-0.2, 0) is 4.79 Å². The molecule has 2 aliphatic rings. The molecule has 1 aliphatic carbocycles. The lowest BCUT2D eigenvalue weighted by Crippen LogP contribution is -2.45. The standard InChI is InChI=1S/C20H26N4O/c1-14-12-18(23-22-14)16-8-5-11-24(13-16)19(15-6-3-2-4-7-15)20(25)21-17-9-10-17/h2-4,6-7,12,16-17,19H,5,8-11,13H2,1H3,(H,21,25)(H,22,23). The molecule has 132 valence electrons. The van der Waals surface area contributed by atoms with Crippen molar-refractivity contribution in [2.75, 3.05) is 13.1 Å². The molecule has 2 fully saturated rings. The van der Waals surface area contributed by atoms with E-state index in [4.69, 9.17) is 0 Å². The SMILES string of the molecule is Cc1cc(C2CCCN(C(C(=O)NC3CC3)c3ccccc3)C2)n[nH]1. The molecule has 0 spiro atoms. The van der Waals surface area contributed by atoms with Crippen molar-refractivity contribution in [1.82, 2.24) is 20.4 Å². The summed E-state index contributed by atoms with van der Waals surface area (Å²) >= 11 is 0. The molecule has 1 aromatic heterocycles. The Bertz CT molecular complexity index is 722. The van der Waals surface area contributed by atoms with E-state index in [1.54, 1.807) is 0 Å². The molecule has 1 saturated heterocycles. The number of H-pyrrole nitrogens is 1. The fraction of sp³-hybridized carbons (Fsp3) is 0.500. The number of likely N-dealkylation sites (tertiary alicyclic amines) is 1. The van der Waals surface area contributed by atoms with Crippen molar-refractivity contribution in [3.63, 3.8) is 0 Å². The molecule has 5 nitrogen and oxygen atoms in total. The molecule has 2 N–H and O–H groups in total. The van der Waals surface area contributed by atoms with Gasteiger partial charge in [-0.05, 0) is 50.8 Å². The molecule has 2 atom stereocenters. The molecule has 2 heterocycles. The lowest BCUT2D eigenvalue weighted by molar-refractivity contribution is -0.127. The van der Waals surface area contributed by atoms with E-state index in [1.807, 2.05) is 25.1 Å². The summed E-state index contributed by atoms with van der Waals surface area (Å²) in [5.74, 6) is 0.534. The minimum absolute atomic E-state index is 0.146. The van der Waals surface area contributed by atoms with Gasteiger partial charge in [-0.2, -0.15) is 5.10 Å². The number of hydrogen-bond acceptors (Lipinski definition) is 3. The molecule has 1 saturated carbocycles. The maximum absolute atomic E-state index is 13.0. The van der Waals surface area contributed by atoms with E-state index in [2.05, 4.69) is 38.6 Å². The van der Waals surface area contributed by atoms with Crippen LogP contribution in [0, 0.1) is 6.92 Å². The van der Waals surface area contributed by atoms with Gasteiger partial charge in [-0.1, -0.05) is 30.3 Å². The van der Waals surface area contributed by atoms with Crippen LogP contribution in [0.25, 0.3) is 0 Å². The smallest absolute Gasteiger partial charge is 0.242 e. The van der Waals surface area contributed by atoms with E-state index < -0.39 is 0 Å². The number of rotatable bonds is 5. The normalized spacial score (nSPS) is 22.5. The Balaban J connectivity index is 1.56. The van der Waals surface area contributed by atoms with Crippen LogP contribution in [0.5, 0.6) is 0 Å². The van der Waals surface area contributed by atoms with Crippen molar-refractivity contribution in [1.29, 1.82) is 0 Å². The van der Waals surface area contributed by atoms with E-state index in [9.17, 15) is 4.79 Å². The Morgan fingerprint density at radius 1 is 1.28 bits per heavy atom. The van der Waals surface area contributed by atoms with Gasteiger partial charge in [-0.15, -0.1) is 0 Å². The minimum atomic E-state index is -0.204. The maximum atomic E-state index is 13.0. The lowest BCUT2D eigenvalue weighted by Gasteiger charge is -2.37. The first-order valence-electron chi connectivity index (χ1n) is 9.32. The molecule has 2 aromatic rings. The molecule has 0 radical (unpaired) electrons. The van der Waals surface area contributed by atoms with Gasteiger partial charge in [0.2, 0.25) is 5.91 Å². The van der Waals surface area contributed by atoms with E-state index in [0.29, 0.717) is 12.0 Å². The Hall–Kier alpha value is -2.14. The highest BCUT2D eigenvalue weighted by molar-refractivity contribution is 5.83. The molecule has 1 amide bonds. The van der Waals surface area contributed by atoms with Crippen molar-refractivity contribution in [3.8, 4) is 0 Å². The van der Waals surface area contributed by atoms with Crippen LogP contribution in [0.3, 0.4) is 0 Å². The molecule has 2 unspecified atom stereocenters.